The predicted octanol–water partition coefficient (Wildman–Crippen LogP) is 3.31. The van der Waals surface area contributed by atoms with Gasteiger partial charge in [0.05, 0.1) is 4.92 Å². The molecule has 0 radical (unpaired) electrons. The van der Waals surface area contributed by atoms with E-state index in [0.717, 1.165) is 31.2 Å². The van der Waals surface area contributed by atoms with E-state index in [0.29, 0.717) is 16.6 Å². The standard InChI is InChI=1S/C20H25N5O4S/c1-12(2)17(21-18(26)14-5-3-4-6-14)19(27)22-20-24-23-16(30-20)11-13-7-9-15(10-8-13)25(28)29/h7-10,12,14,17H,3-6,11H2,1-2H3,(H,21,26)(H,22,24,27). The number of anilines is 1. The summed E-state index contributed by atoms with van der Waals surface area (Å²) in [6.07, 6.45) is 4.32. The molecule has 160 valence electrons. The molecule has 2 amide bonds. The fraction of sp³-hybridized carbons (Fsp3) is 0.500. The van der Waals surface area contributed by atoms with E-state index in [9.17, 15) is 19.7 Å². The monoisotopic (exact) mass is 431 g/mol. The molecule has 10 heteroatoms. The molecule has 9 nitrogen and oxygen atoms in total. The molecular weight excluding hydrogens is 406 g/mol. The maximum absolute atomic E-state index is 12.7. The number of nitrogens with zero attached hydrogens (tertiary/aromatic N) is 3. The molecule has 0 bridgehead atoms. The second-order valence-corrected chi connectivity index (χ2v) is 8.86. The third-order valence-electron chi connectivity index (χ3n) is 5.17. The van der Waals surface area contributed by atoms with Crippen LogP contribution in [0.25, 0.3) is 0 Å². The Balaban J connectivity index is 1.59. The van der Waals surface area contributed by atoms with Crippen LogP contribution in [0.5, 0.6) is 0 Å². The number of nitrogens with one attached hydrogen (secondary N) is 2. The van der Waals surface area contributed by atoms with Crippen molar-refractivity contribution >= 4 is 34.0 Å². The summed E-state index contributed by atoms with van der Waals surface area (Å²) < 4.78 is 0. The molecule has 1 aliphatic carbocycles. The number of aromatic nitrogens is 2. The zero-order chi connectivity index (χ0) is 21.7. The number of carbonyl (C=O) groups is 2. The van der Waals surface area contributed by atoms with Crippen molar-refractivity contribution in [3.05, 3.63) is 45.0 Å². The largest absolute Gasteiger partial charge is 0.344 e. The highest BCUT2D eigenvalue weighted by atomic mass is 32.1. The van der Waals surface area contributed by atoms with Crippen LogP contribution < -0.4 is 10.6 Å². The smallest absolute Gasteiger partial charge is 0.269 e. The van der Waals surface area contributed by atoms with Gasteiger partial charge in [-0.2, -0.15) is 0 Å². The molecular formula is C20H25N5O4S. The molecule has 1 saturated carbocycles. The fourth-order valence-corrected chi connectivity index (χ4v) is 4.24. The lowest BCUT2D eigenvalue weighted by Gasteiger charge is -2.22. The first kappa shape index (κ1) is 21.8. The minimum Gasteiger partial charge on any atom is -0.344 e. The Bertz CT molecular complexity index is 906. The van der Waals surface area contributed by atoms with E-state index in [1.54, 1.807) is 12.1 Å². The van der Waals surface area contributed by atoms with Crippen molar-refractivity contribution in [2.75, 3.05) is 5.32 Å². The van der Waals surface area contributed by atoms with Crippen molar-refractivity contribution in [2.45, 2.75) is 52.0 Å². The van der Waals surface area contributed by atoms with Crippen molar-refractivity contribution < 1.29 is 14.5 Å². The van der Waals surface area contributed by atoms with Gasteiger partial charge in [-0.3, -0.25) is 25.0 Å². The van der Waals surface area contributed by atoms with Gasteiger partial charge in [-0.15, -0.1) is 10.2 Å². The summed E-state index contributed by atoms with van der Waals surface area (Å²) in [7, 11) is 0. The van der Waals surface area contributed by atoms with Gasteiger partial charge in [0.2, 0.25) is 16.9 Å². The van der Waals surface area contributed by atoms with Crippen molar-refractivity contribution in [2.24, 2.45) is 11.8 Å². The van der Waals surface area contributed by atoms with Gasteiger partial charge < -0.3 is 5.32 Å². The number of benzene rings is 1. The molecule has 2 N–H and O–H groups in total. The number of rotatable bonds is 8. The molecule has 1 fully saturated rings. The molecule has 1 atom stereocenters. The Morgan fingerprint density at radius 2 is 1.87 bits per heavy atom. The summed E-state index contributed by atoms with van der Waals surface area (Å²) in [5.74, 6) is -0.441. The summed E-state index contributed by atoms with van der Waals surface area (Å²) in [6.45, 7) is 3.78. The van der Waals surface area contributed by atoms with Crippen LogP contribution in [0.1, 0.15) is 50.1 Å². The van der Waals surface area contributed by atoms with Crippen LogP contribution in [-0.2, 0) is 16.0 Å². The lowest BCUT2D eigenvalue weighted by atomic mass is 10.0. The SMILES string of the molecule is CC(C)C(NC(=O)C1CCCC1)C(=O)Nc1nnc(Cc2ccc([N+](=O)[O-])cc2)s1. The van der Waals surface area contributed by atoms with Crippen LogP contribution in [0.2, 0.25) is 0 Å². The van der Waals surface area contributed by atoms with E-state index in [1.165, 1.54) is 23.5 Å². The van der Waals surface area contributed by atoms with Crippen LogP contribution in [-0.4, -0.2) is 33.0 Å². The molecule has 0 spiro atoms. The minimum absolute atomic E-state index is 0.00567. The Morgan fingerprint density at radius 1 is 1.20 bits per heavy atom. The number of amides is 2. The summed E-state index contributed by atoms with van der Waals surface area (Å²) in [5, 5.41) is 25.5. The van der Waals surface area contributed by atoms with Crippen molar-refractivity contribution in [1.29, 1.82) is 0 Å². The minimum atomic E-state index is -0.639. The summed E-state index contributed by atoms with van der Waals surface area (Å²) >= 11 is 1.24. The Labute approximate surface area is 178 Å². The Hall–Kier alpha value is -2.88. The van der Waals surface area contributed by atoms with Gasteiger partial charge in [-0.1, -0.05) is 50.2 Å². The van der Waals surface area contributed by atoms with E-state index >= 15 is 0 Å². The summed E-state index contributed by atoms with van der Waals surface area (Å²) in [4.78, 5) is 35.4. The molecule has 1 aliphatic rings. The third-order valence-corrected chi connectivity index (χ3v) is 6.01. The number of non-ortho nitro benzene ring substituents is 1. The average molecular weight is 432 g/mol. The maximum atomic E-state index is 12.7. The maximum Gasteiger partial charge on any atom is 0.269 e. The average Bonchev–Trinajstić information content (AvgIpc) is 3.38. The van der Waals surface area contributed by atoms with Gasteiger partial charge in [-0.05, 0) is 24.3 Å². The third kappa shape index (κ3) is 5.59. The van der Waals surface area contributed by atoms with Crippen LogP contribution in [0.15, 0.2) is 24.3 Å². The first-order valence-corrected chi connectivity index (χ1v) is 10.8. The number of hydrogen-bond acceptors (Lipinski definition) is 7. The zero-order valence-electron chi connectivity index (χ0n) is 17.0. The first-order chi connectivity index (χ1) is 14.3. The quantitative estimate of drug-likeness (QED) is 0.488. The number of nitro benzene ring substituents is 1. The number of hydrogen-bond donors (Lipinski definition) is 2. The molecule has 1 aromatic heterocycles. The predicted molar refractivity (Wildman–Crippen MR) is 113 cm³/mol. The highest BCUT2D eigenvalue weighted by Crippen LogP contribution is 2.25. The molecule has 1 heterocycles. The molecule has 0 saturated heterocycles. The zero-order valence-corrected chi connectivity index (χ0v) is 17.8. The highest BCUT2D eigenvalue weighted by Gasteiger charge is 2.29. The summed E-state index contributed by atoms with van der Waals surface area (Å²) in [5.41, 5.74) is 0.891. The van der Waals surface area contributed by atoms with E-state index in [-0.39, 0.29) is 29.3 Å². The van der Waals surface area contributed by atoms with Gasteiger partial charge in [0.25, 0.3) is 5.69 Å². The van der Waals surface area contributed by atoms with E-state index in [4.69, 9.17) is 0 Å². The second kappa shape index (κ2) is 9.75. The van der Waals surface area contributed by atoms with Crippen LogP contribution >= 0.6 is 11.3 Å². The van der Waals surface area contributed by atoms with Gasteiger partial charge in [-0.25, -0.2) is 0 Å². The second-order valence-electron chi connectivity index (χ2n) is 7.80. The Morgan fingerprint density at radius 3 is 2.47 bits per heavy atom. The first-order valence-electron chi connectivity index (χ1n) is 10.0. The van der Waals surface area contributed by atoms with Crippen LogP contribution in [0, 0.1) is 22.0 Å². The number of carbonyl (C=O) groups excluding carboxylic acids is 2. The topological polar surface area (TPSA) is 127 Å². The summed E-state index contributed by atoms with van der Waals surface area (Å²) in [6, 6.07) is 5.59. The highest BCUT2D eigenvalue weighted by molar-refractivity contribution is 7.15. The van der Waals surface area contributed by atoms with Gasteiger partial charge in [0.15, 0.2) is 0 Å². The van der Waals surface area contributed by atoms with Crippen molar-refractivity contribution in [3.63, 3.8) is 0 Å². The van der Waals surface area contributed by atoms with E-state index in [2.05, 4.69) is 20.8 Å². The molecule has 1 aromatic carbocycles. The van der Waals surface area contributed by atoms with Gasteiger partial charge in [0.1, 0.15) is 11.0 Å². The molecule has 30 heavy (non-hydrogen) atoms. The van der Waals surface area contributed by atoms with Gasteiger partial charge >= 0.3 is 0 Å². The fourth-order valence-electron chi connectivity index (χ4n) is 3.46. The normalized spacial score (nSPS) is 15.2. The molecule has 1 unspecified atom stereocenters. The van der Waals surface area contributed by atoms with Gasteiger partial charge in [0, 0.05) is 24.5 Å². The molecule has 3 rings (SSSR count). The number of nitro groups is 1. The lowest BCUT2D eigenvalue weighted by Crippen LogP contribution is -2.48. The van der Waals surface area contributed by atoms with Crippen molar-refractivity contribution in [3.8, 4) is 0 Å². The van der Waals surface area contributed by atoms with Crippen LogP contribution in [0.4, 0.5) is 10.8 Å². The van der Waals surface area contributed by atoms with Crippen LogP contribution in [0.3, 0.4) is 0 Å². The molecule has 0 aliphatic heterocycles. The van der Waals surface area contributed by atoms with E-state index < -0.39 is 11.0 Å². The molecule has 2 aromatic rings. The lowest BCUT2D eigenvalue weighted by molar-refractivity contribution is -0.384. The van der Waals surface area contributed by atoms with E-state index in [1.807, 2.05) is 13.8 Å². The Kier molecular flexibility index (Phi) is 7.09. The van der Waals surface area contributed by atoms with Crippen molar-refractivity contribution in [1.82, 2.24) is 15.5 Å².